The van der Waals surface area contributed by atoms with Crippen LogP contribution in [0.15, 0.2) is 42.6 Å². The average Bonchev–Trinajstić information content (AvgIpc) is 3.59. The van der Waals surface area contributed by atoms with Gasteiger partial charge in [0.1, 0.15) is 6.23 Å². The van der Waals surface area contributed by atoms with Gasteiger partial charge in [-0.05, 0) is 92.8 Å². The Balaban J connectivity index is 1.03. The zero-order chi connectivity index (χ0) is 33.2. The molecule has 2 aromatic carbocycles. The molecule has 4 N–H and O–H groups in total. The van der Waals surface area contributed by atoms with Crippen LogP contribution in [0.3, 0.4) is 0 Å². The molecule has 3 aromatic rings. The molecule has 11 heteroatoms. The minimum atomic E-state index is -0.798. The number of fused-ring (bicyclic) bond motifs is 2. The lowest BCUT2D eigenvalue weighted by Gasteiger charge is -2.43. The highest BCUT2D eigenvalue weighted by Gasteiger charge is 2.36. The van der Waals surface area contributed by atoms with Gasteiger partial charge in [0.25, 0.3) is 0 Å². The third-order valence-corrected chi connectivity index (χ3v) is 11.2. The van der Waals surface area contributed by atoms with E-state index >= 15 is 0 Å². The molecule has 0 radical (unpaired) electrons. The number of urea groups is 2. The van der Waals surface area contributed by atoms with Crippen molar-refractivity contribution >= 4 is 28.7 Å². The number of nitrogens with zero attached hydrogens (tertiary/aromatic N) is 5. The van der Waals surface area contributed by atoms with E-state index < -0.39 is 12.3 Å². The predicted molar refractivity (Wildman–Crippen MR) is 188 cm³/mol. The van der Waals surface area contributed by atoms with Crippen molar-refractivity contribution in [2.24, 2.45) is 0 Å². The van der Waals surface area contributed by atoms with Gasteiger partial charge in [-0.3, -0.25) is 10.00 Å². The van der Waals surface area contributed by atoms with Gasteiger partial charge in [0.2, 0.25) is 0 Å². The number of rotatable bonds is 8. The number of hydrogen-bond acceptors (Lipinski definition) is 6. The highest BCUT2D eigenvalue weighted by atomic mass is 16.3. The van der Waals surface area contributed by atoms with E-state index in [1.807, 2.05) is 34.2 Å². The molecular formula is C37H52N8O3. The number of anilines is 1. The van der Waals surface area contributed by atoms with Crippen LogP contribution in [0.1, 0.15) is 81.4 Å². The lowest BCUT2D eigenvalue weighted by atomic mass is 9.94. The summed E-state index contributed by atoms with van der Waals surface area (Å²) < 4.78 is 0. The van der Waals surface area contributed by atoms with Gasteiger partial charge < -0.3 is 30.4 Å². The first-order valence-electron chi connectivity index (χ1n) is 18.2. The van der Waals surface area contributed by atoms with E-state index in [2.05, 4.69) is 62.7 Å². The molecule has 1 aromatic heterocycles. The molecule has 2 unspecified atom stereocenters. The van der Waals surface area contributed by atoms with Crippen molar-refractivity contribution in [1.29, 1.82) is 0 Å². The first-order chi connectivity index (χ1) is 23.3. The van der Waals surface area contributed by atoms with Gasteiger partial charge in [0.05, 0.1) is 17.8 Å². The number of para-hydroxylation sites is 1. The Morgan fingerprint density at radius 2 is 1.71 bits per heavy atom. The van der Waals surface area contributed by atoms with Gasteiger partial charge in [-0.25, -0.2) is 9.59 Å². The number of likely N-dealkylation sites (tertiary alicyclic amines) is 3. The number of H-pyrrole nitrogens is 1. The number of piperidine rings is 3. The standard InChI is InChI=1S/C37H52N8O3/c1-25(2)31-21-26(20-28-23-38-41-34(28)31)22-33(35(46)43-16-10-29(11-17-43)42-14-6-3-7-15-42)40-36(47)44-18-12-30(13-19-44)45-24-27-8-4-5-9-32(27)39-37(45)48/h4-5,8-9,20-21,23,25,29-30,33,35,46H,3,6-7,10-19,22,24H2,1-2H3,(H,38,41)(H,39,48)(H,40,47). The van der Waals surface area contributed by atoms with Gasteiger partial charge >= 0.3 is 12.1 Å². The molecule has 4 aliphatic heterocycles. The molecule has 0 spiro atoms. The van der Waals surface area contributed by atoms with E-state index in [1.54, 1.807) is 0 Å². The van der Waals surface area contributed by atoms with Crippen LogP contribution in [-0.4, -0.2) is 111 Å². The van der Waals surface area contributed by atoms with E-state index in [-0.39, 0.29) is 18.1 Å². The average molecular weight is 657 g/mol. The number of carbonyl (C=O) groups is 2. The second kappa shape index (κ2) is 14.4. The fraction of sp³-hybridized carbons (Fsp3) is 0.595. The Morgan fingerprint density at radius 3 is 2.46 bits per heavy atom. The first kappa shape index (κ1) is 32.9. The zero-order valence-corrected chi connectivity index (χ0v) is 28.5. The number of carbonyl (C=O) groups excluding carboxylic acids is 2. The maximum absolute atomic E-state index is 13.9. The van der Waals surface area contributed by atoms with Crippen LogP contribution in [0.4, 0.5) is 15.3 Å². The predicted octanol–water partition coefficient (Wildman–Crippen LogP) is 5.09. The number of aliphatic hydroxyl groups is 1. The van der Waals surface area contributed by atoms with Crippen molar-refractivity contribution in [3.63, 3.8) is 0 Å². The van der Waals surface area contributed by atoms with Gasteiger partial charge in [-0.15, -0.1) is 0 Å². The van der Waals surface area contributed by atoms with Crippen LogP contribution in [0.2, 0.25) is 0 Å². The maximum atomic E-state index is 13.9. The molecule has 11 nitrogen and oxygen atoms in total. The molecule has 4 aliphatic rings. The Labute approximate surface area is 284 Å². The normalized spacial score (nSPS) is 21.7. The Morgan fingerprint density at radius 1 is 0.979 bits per heavy atom. The van der Waals surface area contributed by atoms with Crippen molar-refractivity contribution in [2.45, 2.75) is 102 Å². The molecule has 258 valence electrons. The quantitative estimate of drug-likeness (QED) is 0.268. The third kappa shape index (κ3) is 7.04. The van der Waals surface area contributed by atoms with Crippen molar-refractivity contribution in [3.8, 4) is 0 Å². The summed E-state index contributed by atoms with van der Waals surface area (Å²) in [5.41, 5.74) is 5.30. The minimum Gasteiger partial charge on any atom is -0.376 e. The molecule has 5 heterocycles. The van der Waals surface area contributed by atoms with Crippen LogP contribution in [0, 0.1) is 0 Å². The van der Waals surface area contributed by atoms with Gasteiger partial charge in [0.15, 0.2) is 0 Å². The van der Waals surface area contributed by atoms with E-state index in [0.29, 0.717) is 38.0 Å². The molecule has 7 rings (SSSR count). The Bertz CT molecular complexity index is 1570. The summed E-state index contributed by atoms with van der Waals surface area (Å²) in [4.78, 5) is 35.4. The lowest BCUT2D eigenvalue weighted by molar-refractivity contribution is -0.0463. The van der Waals surface area contributed by atoms with E-state index in [1.165, 1.54) is 37.9 Å². The summed E-state index contributed by atoms with van der Waals surface area (Å²) in [6.07, 6.45) is 8.99. The highest BCUT2D eigenvalue weighted by molar-refractivity contribution is 5.92. The topological polar surface area (TPSA) is 120 Å². The van der Waals surface area contributed by atoms with E-state index in [9.17, 15) is 14.7 Å². The number of aromatic amines is 1. The summed E-state index contributed by atoms with van der Waals surface area (Å²) in [5.74, 6) is 0.302. The SMILES string of the molecule is CC(C)c1cc(CC(NC(=O)N2CCC(N3Cc4ccccc4NC3=O)CC2)C(O)N2CCC(N3CCCCC3)CC2)cc2cn[nH]c12. The zero-order valence-electron chi connectivity index (χ0n) is 28.5. The summed E-state index contributed by atoms with van der Waals surface area (Å²) in [6.45, 7) is 10.1. The third-order valence-electron chi connectivity index (χ3n) is 11.2. The smallest absolute Gasteiger partial charge is 0.322 e. The van der Waals surface area contributed by atoms with Crippen LogP contribution >= 0.6 is 0 Å². The second-order valence-electron chi connectivity index (χ2n) is 14.6. The van der Waals surface area contributed by atoms with Crippen molar-refractivity contribution in [1.82, 2.24) is 35.1 Å². The number of nitrogens with one attached hydrogen (secondary N) is 3. The fourth-order valence-corrected chi connectivity index (χ4v) is 8.41. The number of hydrogen-bond donors (Lipinski definition) is 4. The van der Waals surface area contributed by atoms with Gasteiger partial charge in [-0.2, -0.15) is 5.10 Å². The summed E-state index contributed by atoms with van der Waals surface area (Å²) in [6, 6.07) is 12.2. The lowest BCUT2D eigenvalue weighted by Crippen LogP contribution is -2.59. The van der Waals surface area contributed by atoms with Gasteiger partial charge in [-0.1, -0.05) is 44.5 Å². The Hall–Kier alpha value is -3.67. The molecule has 48 heavy (non-hydrogen) atoms. The van der Waals surface area contributed by atoms with Crippen molar-refractivity contribution in [2.75, 3.05) is 44.6 Å². The monoisotopic (exact) mass is 656 g/mol. The molecule has 3 fully saturated rings. The van der Waals surface area contributed by atoms with Crippen LogP contribution in [-0.2, 0) is 13.0 Å². The highest BCUT2D eigenvalue weighted by Crippen LogP contribution is 2.30. The van der Waals surface area contributed by atoms with E-state index in [4.69, 9.17) is 0 Å². The van der Waals surface area contributed by atoms with Crippen LogP contribution < -0.4 is 10.6 Å². The summed E-state index contributed by atoms with van der Waals surface area (Å²) in [7, 11) is 0. The fourth-order valence-electron chi connectivity index (χ4n) is 8.41. The van der Waals surface area contributed by atoms with E-state index in [0.717, 1.165) is 66.5 Å². The molecule has 0 saturated carbocycles. The van der Waals surface area contributed by atoms with Crippen LogP contribution in [0.25, 0.3) is 10.9 Å². The van der Waals surface area contributed by atoms with Crippen molar-refractivity contribution < 1.29 is 14.7 Å². The van der Waals surface area contributed by atoms with Crippen molar-refractivity contribution in [3.05, 3.63) is 59.3 Å². The van der Waals surface area contributed by atoms with Crippen LogP contribution in [0.5, 0.6) is 0 Å². The maximum Gasteiger partial charge on any atom is 0.322 e. The molecular weight excluding hydrogens is 604 g/mol. The second-order valence-corrected chi connectivity index (χ2v) is 14.6. The first-order valence-corrected chi connectivity index (χ1v) is 18.2. The number of aromatic nitrogens is 2. The number of aliphatic hydroxyl groups excluding tert-OH is 1. The molecule has 3 saturated heterocycles. The minimum absolute atomic E-state index is 0.0702. The molecule has 4 amide bonds. The number of benzene rings is 2. The Kier molecular flexibility index (Phi) is 9.88. The number of amides is 4. The molecule has 2 atom stereocenters. The molecule has 0 bridgehead atoms. The van der Waals surface area contributed by atoms with Gasteiger partial charge in [0, 0.05) is 55.9 Å². The summed E-state index contributed by atoms with van der Waals surface area (Å²) >= 11 is 0. The largest absolute Gasteiger partial charge is 0.376 e. The summed E-state index contributed by atoms with van der Waals surface area (Å²) in [5, 5.41) is 26.7. The molecule has 0 aliphatic carbocycles.